The maximum Gasteiger partial charge on any atom is 0.00104 e. The van der Waals surface area contributed by atoms with Crippen LogP contribution in [0, 0.1) is 11.8 Å². The van der Waals surface area contributed by atoms with E-state index in [0.29, 0.717) is 0 Å². The van der Waals surface area contributed by atoms with Gasteiger partial charge in [-0.2, -0.15) is 11.8 Å². The molecule has 96 valence electrons. The van der Waals surface area contributed by atoms with Crippen LogP contribution in [0.25, 0.3) is 0 Å². The van der Waals surface area contributed by atoms with Gasteiger partial charge in [0.2, 0.25) is 0 Å². The summed E-state index contributed by atoms with van der Waals surface area (Å²) in [4.78, 5) is 2.67. The molecule has 0 amide bonds. The zero-order chi connectivity index (χ0) is 12.0. The van der Waals surface area contributed by atoms with Gasteiger partial charge in [-0.1, -0.05) is 27.7 Å². The highest BCUT2D eigenvalue weighted by molar-refractivity contribution is 7.99. The molecule has 0 radical (unpaired) electrons. The molecule has 0 saturated carbocycles. The van der Waals surface area contributed by atoms with Crippen molar-refractivity contribution in [3.63, 3.8) is 0 Å². The Hall–Kier alpha value is 0.310. The lowest BCUT2D eigenvalue weighted by Gasteiger charge is -2.17. The van der Waals surface area contributed by atoms with Crippen molar-refractivity contribution in [1.29, 1.82) is 0 Å². The van der Waals surface area contributed by atoms with E-state index in [0.717, 1.165) is 17.1 Å². The van der Waals surface area contributed by atoms with E-state index in [1.807, 2.05) is 0 Å². The van der Waals surface area contributed by atoms with Crippen molar-refractivity contribution < 1.29 is 0 Å². The Morgan fingerprint density at radius 1 is 1.25 bits per heavy atom. The molecule has 0 spiro atoms. The highest BCUT2D eigenvalue weighted by atomic mass is 32.2. The van der Waals surface area contributed by atoms with E-state index in [-0.39, 0.29) is 0 Å². The minimum atomic E-state index is 0.804. The molecule has 1 rings (SSSR count). The van der Waals surface area contributed by atoms with Crippen molar-refractivity contribution in [2.45, 2.75) is 52.2 Å². The Bertz CT molecular complexity index is 180. The minimum absolute atomic E-state index is 0.804. The van der Waals surface area contributed by atoms with E-state index >= 15 is 0 Å². The lowest BCUT2D eigenvalue weighted by molar-refractivity contribution is 0.301. The molecule has 0 aromatic rings. The van der Waals surface area contributed by atoms with Gasteiger partial charge in [0.15, 0.2) is 0 Å². The average Bonchev–Trinajstić information content (AvgIpc) is 2.62. The molecule has 1 nitrogen and oxygen atoms in total. The zero-order valence-corrected chi connectivity index (χ0v) is 12.4. The Morgan fingerprint density at radius 2 is 2.00 bits per heavy atom. The fraction of sp³-hybridized carbons (Fsp3) is 1.00. The van der Waals surface area contributed by atoms with Crippen LogP contribution in [0.1, 0.15) is 47.0 Å². The topological polar surface area (TPSA) is 3.24 Å². The summed E-state index contributed by atoms with van der Waals surface area (Å²) in [7, 11) is 0. The minimum Gasteiger partial charge on any atom is -0.303 e. The van der Waals surface area contributed by atoms with Crippen LogP contribution in [-0.2, 0) is 0 Å². The summed E-state index contributed by atoms with van der Waals surface area (Å²) in [6.07, 6.45) is 4.24. The molecular weight excluding hydrogens is 214 g/mol. The largest absolute Gasteiger partial charge is 0.303 e. The average molecular weight is 243 g/mol. The highest BCUT2D eigenvalue weighted by Crippen LogP contribution is 2.23. The number of likely N-dealkylation sites (tertiary alicyclic amines) is 1. The number of hydrogen-bond donors (Lipinski definition) is 0. The maximum atomic E-state index is 2.67. The first-order valence-electron chi connectivity index (χ1n) is 6.92. The first-order chi connectivity index (χ1) is 7.58. The van der Waals surface area contributed by atoms with Gasteiger partial charge >= 0.3 is 0 Å². The predicted molar refractivity (Wildman–Crippen MR) is 76.2 cm³/mol. The third kappa shape index (κ3) is 6.15. The SMILES string of the molecule is CC(C)CCN1CCC(CCSC(C)C)C1. The summed E-state index contributed by atoms with van der Waals surface area (Å²) in [6, 6.07) is 0. The molecule has 1 fully saturated rings. The molecular formula is C14H29NS. The van der Waals surface area contributed by atoms with Gasteiger partial charge < -0.3 is 4.90 Å². The third-order valence-corrected chi connectivity index (χ3v) is 4.51. The zero-order valence-electron chi connectivity index (χ0n) is 11.5. The molecule has 1 heterocycles. The second-order valence-electron chi connectivity index (χ2n) is 5.85. The standard InChI is InChI=1S/C14H29NS/c1-12(2)5-8-15-9-6-14(11-15)7-10-16-13(3)4/h12-14H,5-11H2,1-4H3. The summed E-state index contributed by atoms with van der Waals surface area (Å²) < 4.78 is 0. The van der Waals surface area contributed by atoms with Crippen LogP contribution in [0.15, 0.2) is 0 Å². The van der Waals surface area contributed by atoms with Crippen molar-refractivity contribution >= 4 is 11.8 Å². The molecule has 0 aromatic carbocycles. The second kappa shape index (κ2) is 7.60. The summed E-state index contributed by atoms with van der Waals surface area (Å²) in [6.45, 7) is 13.3. The van der Waals surface area contributed by atoms with Crippen LogP contribution in [0.2, 0.25) is 0 Å². The molecule has 1 atom stereocenters. The van der Waals surface area contributed by atoms with Gasteiger partial charge in [0.05, 0.1) is 0 Å². The van der Waals surface area contributed by atoms with Gasteiger partial charge in [-0.15, -0.1) is 0 Å². The summed E-state index contributed by atoms with van der Waals surface area (Å²) >= 11 is 2.12. The first kappa shape index (κ1) is 14.4. The molecule has 0 bridgehead atoms. The van der Waals surface area contributed by atoms with Crippen LogP contribution in [0.4, 0.5) is 0 Å². The van der Waals surface area contributed by atoms with Gasteiger partial charge in [0.25, 0.3) is 0 Å². The molecule has 0 aromatic heterocycles. The number of rotatable bonds is 7. The van der Waals surface area contributed by atoms with Gasteiger partial charge in [-0.25, -0.2) is 0 Å². The van der Waals surface area contributed by atoms with Crippen molar-refractivity contribution in [1.82, 2.24) is 4.90 Å². The molecule has 1 aliphatic rings. The van der Waals surface area contributed by atoms with Gasteiger partial charge in [0.1, 0.15) is 0 Å². The van der Waals surface area contributed by atoms with Crippen molar-refractivity contribution in [2.24, 2.45) is 11.8 Å². The molecule has 2 heteroatoms. The maximum absolute atomic E-state index is 2.67. The lowest BCUT2D eigenvalue weighted by atomic mass is 10.1. The second-order valence-corrected chi connectivity index (χ2v) is 7.53. The Kier molecular flexibility index (Phi) is 6.83. The Balaban J connectivity index is 2.05. The highest BCUT2D eigenvalue weighted by Gasteiger charge is 2.21. The molecule has 1 aliphatic heterocycles. The van der Waals surface area contributed by atoms with E-state index in [1.165, 1.54) is 44.6 Å². The number of thioether (sulfide) groups is 1. The summed E-state index contributed by atoms with van der Waals surface area (Å²) in [5.41, 5.74) is 0. The first-order valence-corrected chi connectivity index (χ1v) is 7.96. The van der Waals surface area contributed by atoms with E-state index in [1.54, 1.807) is 0 Å². The van der Waals surface area contributed by atoms with Crippen LogP contribution in [-0.4, -0.2) is 35.5 Å². The van der Waals surface area contributed by atoms with Gasteiger partial charge in [-0.3, -0.25) is 0 Å². The molecule has 0 aliphatic carbocycles. The molecule has 16 heavy (non-hydrogen) atoms. The van der Waals surface area contributed by atoms with E-state index in [4.69, 9.17) is 0 Å². The Labute approximate surface area is 106 Å². The monoisotopic (exact) mass is 243 g/mol. The van der Waals surface area contributed by atoms with E-state index < -0.39 is 0 Å². The molecule has 0 N–H and O–H groups in total. The number of hydrogen-bond acceptors (Lipinski definition) is 2. The van der Waals surface area contributed by atoms with Crippen LogP contribution in [0.3, 0.4) is 0 Å². The Morgan fingerprint density at radius 3 is 2.62 bits per heavy atom. The normalized spacial score (nSPS) is 22.5. The smallest absolute Gasteiger partial charge is 0.00104 e. The summed E-state index contributed by atoms with van der Waals surface area (Å²) in [5, 5.41) is 0.804. The fourth-order valence-electron chi connectivity index (χ4n) is 2.26. The fourth-order valence-corrected chi connectivity index (χ4v) is 3.20. The lowest BCUT2D eigenvalue weighted by Crippen LogP contribution is -2.23. The van der Waals surface area contributed by atoms with Crippen LogP contribution in [0.5, 0.6) is 0 Å². The third-order valence-electron chi connectivity index (χ3n) is 3.37. The van der Waals surface area contributed by atoms with Crippen molar-refractivity contribution in [2.75, 3.05) is 25.4 Å². The van der Waals surface area contributed by atoms with E-state index in [9.17, 15) is 0 Å². The van der Waals surface area contributed by atoms with Crippen molar-refractivity contribution in [3.05, 3.63) is 0 Å². The quantitative estimate of drug-likeness (QED) is 0.667. The summed E-state index contributed by atoms with van der Waals surface area (Å²) in [5.74, 6) is 3.20. The van der Waals surface area contributed by atoms with Gasteiger partial charge in [0, 0.05) is 6.54 Å². The van der Waals surface area contributed by atoms with Crippen molar-refractivity contribution in [3.8, 4) is 0 Å². The van der Waals surface area contributed by atoms with Crippen LogP contribution < -0.4 is 0 Å². The van der Waals surface area contributed by atoms with Crippen LogP contribution >= 0.6 is 11.8 Å². The molecule has 1 unspecified atom stereocenters. The van der Waals surface area contributed by atoms with Gasteiger partial charge in [-0.05, 0) is 55.2 Å². The predicted octanol–water partition coefficient (Wildman–Crippen LogP) is 3.89. The number of nitrogens with zero attached hydrogens (tertiary/aromatic N) is 1. The van der Waals surface area contributed by atoms with E-state index in [2.05, 4.69) is 44.4 Å². The molecule has 1 saturated heterocycles.